The molecule has 0 fully saturated rings. The Bertz CT molecular complexity index is 762. The number of nitrogens with one attached hydrogen (secondary N) is 2. The van der Waals surface area contributed by atoms with Crippen LogP contribution in [0, 0.1) is 0 Å². The number of hydrogen-bond acceptors (Lipinski definition) is 4. The standard InChI is InChI=1S/C17H16BrN3O3/c18-13-6-2-3-7-14(13)20-16(23)9-10-17(24)21-19-11-12-5-1-4-8-15(12)22/h1-8,11,22H,9-10H2,(H,20,23)(H,21,24)/b19-11+. The average Bonchev–Trinajstić information content (AvgIpc) is 2.57. The van der Waals surface area contributed by atoms with Crippen LogP contribution < -0.4 is 10.7 Å². The third-order valence-electron chi connectivity index (χ3n) is 3.06. The van der Waals surface area contributed by atoms with E-state index in [4.69, 9.17) is 0 Å². The smallest absolute Gasteiger partial charge is 0.240 e. The number of benzene rings is 2. The fourth-order valence-corrected chi connectivity index (χ4v) is 2.21. The highest BCUT2D eigenvalue weighted by Gasteiger charge is 2.08. The van der Waals surface area contributed by atoms with Crippen molar-refractivity contribution in [1.29, 1.82) is 0 Å². The van der Waals surface area contributed by atoms with Crippen LogP contribution in [-0.2, 0) is 9.59 Å². The Hall–Kier alpha value is -2.67. The minimum Gasteiger partial charge on any atom is -0.507 e. The maximum Gasteiger partial charge on any atom is 0.240 e. The molecule has 0 radical (unpaired) electrons. The third kappa shape index (κ3) is 5.51. The van der Waals surface area contributed by atoms with Gasteiger partial charge in [0, 0.05) is 22.9 Å². The van der Waals surface area contributed by atoms with E-state index >= 15 is 0 Å². The van der Waals surface area contributed by atoms with Gasteiger partial charge >= 0.3 is 0 Å². The topological polar surface area (TPSA) is 90.8 Å². The number of para-hydroxylation sites is 2. The number of halogens is 1. The molecule has 0 bridgehead atoms. The van der Waals surface area contributed by atoms with Crippen LogP contribution in [-0.4, -0.2) is 23.1 Å². The number of carbonyl (C=O) groups is 2. The molecule has 0 saturated heterocycles. The Morgan fingerprint density at radius 3 is 2.46 bits per heavy atom. The number of aromatic hydroxyl groups is 1. The van der Waals surface area contributed by atoms with Gasteiger partial charge in [0.1, 0.15) is 5.75 Å². The molecule has 124 valence electrons. The molecule has 0 aliphatic rings. The molecule has 3 N–H and O–H groups in total. The van der Waals surface area contributed by atoms with Gasteiger partial charge in [-0.1, -0.05) is 24.3 Å². The van der Waals surface area contributed by atoms with Crippen LogP contribution in [0.5, 0.6) is 5.75 Å². The largest absolute Gasteiger partial charge is 0.507 e. The first-order valence-electron chi connectivity index (χ1n) is 7.20. The lowest BCUT2D eigenvalue weighted by molar-refractivity contribution is -0.124. The van der Waals surface area contributed by atoms with Crippen molar-refractivity contribution in [1.82, 2.24) is 5.43 Å². The van der Waals surface area contributed by atoms with Gasteiger partial charge in [-0.15, -0.1) is 0 Å². The predicted octanol–water partition coefficient (Wildman–Crippen LogP) is 3.02. The first-order chi connectivity index (χ1) is 11.6. The van der Waals surface area contributed by atoms with Gasteiger partial charge in [0.25, 0.3) is 0 Å². The van der Waals surface area contributed by atoms with Gasteiger partial charge in [0.15, 0.2) is 0 Å². The maximum absolute atomic E-state index is 11.8. The Balaban J connectivity index is 1.76. The number of nitrogens with zero attached hydrogens (tertiary/aromatic N) is 1. The zero-order valence-corrected chi connectivity index (χ0v) is 14.3. The van der Waals surface area contributed by atoms with E-state index in [1.807, 2.05) is 12.1 Å². The maximum atomic E-state index is 11.8. The molecule has 0 aliphatic heterocycles. The first-order valence-corrected chi connectivity index (χ1v) is 8.00. The second kappa shape index (κ2) is 8.83. The molecule has 0 heterocycles. The summed E-state index contributed by atoms with van der Waals surface area (Å²) in [7, 11) is 0. The summed E-state index contributed by atoms with van der Waals surface area (Å²) in [4.78, 5) is 23.5. The monoisotopic (exact) mass is 389 g/mol. The molecule has 0 atom stereocenters. The van der Waals surface area contributed by atoms with Crippen LogP contribution in [0.2, 0.25) is 0 Å². The summed E-state index contributed by atoms with van der Waals surface area (Å²) in [6, 6.07) is 13.8. The van der Waals surface area contributed by atoms with Crippen molar-refractivity contribution in [2.24, 2.45) is 5.10 Å². The molecule has 0 saturated carbocycles. The Kier molecular flexibility index (Phi) is 6.51. The van der Waals surface area contributed by atoms with E-state index in [2.05, 4.69) is 31.8 Å². The van der Waals surface area contributed by atoms with Crippen molar-refractivity contribution < 1.29 is 14.7 Å². The molecule has 6 nitrogen and oxygen atoms in total. The zero-order chi connectivity index (χ0) is 17.4. The molecule has 7 heteroatoms. The van der Waals surface area contributed by atoms with Crippen LogP contribution in [0.3, 0.4) is 0 Å². The van der Waals surface area contributed by atoms with Gasteiger partial charge in [-0.05, 0) is 40.2 Å². The quantitative estimate of drug-likeness (QED) is 0.523. The molecule has 2 aromatic rings. The number of amides is 2. The molecule has 0 aliphatic carbocycles. The molecule has 0 unspecified atom stereocenters. The third-order valence-corrected chi connectivity index (χ3v) is 3.75. The SMILES string of the molecule is O=C(CCC(=O)Nc1ccccc1Br)N/N=C/c1ccccc1O. The summed E-state index contributed by atoms with van der Waals surface area (Å²) in [6.07, 6.45) is 1.39. The lowest BCUT2D eigenvalue weighted by atomic mass is 10.2. The molecule has 2 rings (SSSR count). The number of rotatable bonds is 6. The van der Waals surface area contributed by atoms with E-state index in [-0.39, 0.29) is 30.4 Å². The fraction of sp³-hybridized carbons (Fsp3) is 0.118. The lowest BCUT2D eigenvalue weighted by Gasteiger charge is -2.06. The van der Waals surface area contributed by atoms with E-state index in [0.29, 0.717) is 11.3 Å². The van der Waals surface area contributed by atoms with Crippen molar-refractivity contribution >= 4 is 39.6 Å². The van der Waals surface area contributed by atoms with Crippen molar-refractivity contribution in [3.63, 3.8) is 0 Å². The lowest BCUT2D eigenvalue weighted by Crippen LogP contribution is -2.20. The zero-order valence-electron chi connectivity index (χ0n) is 12.7. The molecule has 2 aromatic carbocycles. The van der Waals surface area contributed by atoms with Gasteiger partial charge in [-0.3, -0.25) is 9.59 Å². The Morgan fingerprint density at radius 1 is 1.04 bits per heavy atom. The number of hydrogen-bond donors (Lipinski definition) is 3. The van der Waals surface area contributed by atoms with Crippen molar-refractivity contribution in [3.05, 3.63) is 58.6 Å². The van der Waals surface area contributed by atoms with Crippen LogP contribution in [0.1, 0.15) is 18.4 Å². The minimum absolute atomic E-state index is 0.00833. The predicted molar refractivity (Wildman–Crippen MR) is 95.8 cm³/mol. The highest BCUT2D eigenvalue weighted by molar-refractivity contribution is 9.10. The summed E-state index contributed by atoms with van der Waals surface area (Å²) < 4.78 is 0.773. The van der Waals surface area contributed by atoms with Gasteiger partial charge in [0.2, 0.25) is 11.8 Å². The van der Waals surface area contributed by atoms with E-state index < -0.39 is 0 Å². The van der Waals surface area contributed by atoms with Gasteiger partial charge in [-0.2, -0.15) is 5.10 Å². The summed E-state index contributed by atoms with van der Waals surface area (Å²) >= 11 is 3.33. The molecule has 24 heavy (non-hydrogen) atoms. The molecule has 0 spiro atoms. The first kappa shape index (κ1) is 17.7. The number of phenols is 1. The molecule has 0 aromatic heterocycles. The number of anilines is 1. The van der Waals surface area contributed by atoms with E-state index in [0.717, 1.165) is 4.47 Å². The molecular weight excluding hydrogens is 374 g/mol. The van der Waals surface area contributed by atoms with Crippen molar-refractivity contribution in [2.45, 2.75) is 12.8 Å². The average molecular weight is 390 g/mol. The second-order valence-corrected chi connectivity index (χ2v) is 5.73. The normalized spacial score (nSPS) is 10.5. The van der Waals surface area contributed by atoms with Crippen molar-refractivity contribution in [2.75, 3.05) is 5.32 Å². The summed E-state index contributed by atoms with van der Waals surface area (Å²) in [5, 5.41) is 16.0. The van der Waals surface area contributed by atoms with E-state index in [9.17, 15) is 14.7 Å². The minimum atomic E-state index is -0.385. The van der Waals surface area contributed by atoms with Crippen LogP contribution in [0.4, 0.5) is 5.69 Å². The number of hydrazone groups is 1. The number of phenolic OH excluding ortho intramolecular Hbond substituents is 1. The van der Waals surface area contributed by atoms with E-state index in [1.165, 1.54) is 12.3 Å². The highest BCUT2D eigenvalue weighted by Crippen LogP contribution is 2.21. The van der Waals surface area contributed by atoms with Crippen LogP contribution >= 0.6 is 15.9 Å². The summed E-state index contributed by atoms with van der Waals surface area (Å²) in [5.74, 6) is -0.575. The van der Waals surface area contributed by atoms with Crippen molar-refractivity contribution in [3.8, 4) is 5.75 Å². The van der Waals surface area contributed by atoms with Gasteiger partial charge < -0.3 is 10.4 Å². The van der Waals surface area contributed by atoms with Crippen LogP contribution in [0.15, 0.2) is 58.1 Å². The summed E-state index contributed by atoms with van der Waals surface area (Å²) in [5.41, 5.74) is 3.46. The fourth-order valence-electron chi connectivity index (χ4n) is 1.83. The molecule has 2 amide bonds. The van der Waals surface area contributed by atoms with E-state index in [1.54, 1.807) is 30.3 Å². The van der Waals surface area contributed by atoms with Crippen LogP contribution in [0.25, 0.3) is 0 Å². The summed E-state index contributed by atoms with van der Waals surface area (Å²) in [6.45, 7) is 0. The second-order valence-electron chi connectivity index (χ2n) is 4.88. The molecular formula is C17H16BrN3O3. The number of carbonyl (C=O) groups excluding carboxylic acids is 2. The Labute approximate surface area is 147 Å². The van der Waals surface area contributed by atoms with Gasteiger partial charge in [-0.25, -0.2) is 5.43 Å². The highest BCUT2D eigenvalue weighted by atomic mass is 79.9. The van der Waals surface area contributed by atoms with Gasteiger partial charge in [0.05, 0.1) is 11.9 Å². The Morgan fingerprint density at radius 2 is 1.71 bits per heavy atom.